The highest BCUT2D eigenvalue weighted by Crippen LogP contribution is 2.35. The summed E-state index contributed by atoms with van der Waals surface area (Å²) in [5.41, 5.74) is -0.751. The molecule has 0 aliphatic carbocycles. The molecule has 1 unspecified atom stereocenters. The van der Waals surface area contributed by atoms with E-state index in [1.165, 1.54) is 25.1 Å². The molecule has 0 spiro atoms. The summed E-state index contributed by atoms with van der Waals surface area (Å²) in [6.45, 7) is 1.31. The largest absolute Gasteiger partial charge is 0.478 e. The third-order valence-electron chi connectivity index (χ3n) is 3.28. The number of nitrogens with one attached hydrogen (secondary N) is 1. The second kappa shape index (κ2) is 5.75. The van der Waals surface area contributed by atoms with E-state index in [2.05, 4.69) is 5.32 Å². The number of allylic oxidation sites excluding steroid dienone is 1. The number of benzene rings is 1. The van der Waals surface area contributed by atoms with Crippen molar-refractivity contribution in [2.75, 3.05) is 0 Å². The van der Waals surface area contributed by atoms with Crippen LogP contribution in [0.3, 0.4) is 0 Å². The van der Waals surface area contributed by atoms with Gasteiger partial charge in [0.05, 0.1) is 10.5 Å². The Kier molecular flexibility index (Phi) is 3.99. The minimum atomic E-state index is -1.68. The number of hydrogen-bond donors (Lipinski definition) is 3. The second-order valence-corrected chi connectivity index (χ2v) is 4.68. The molecule has 10 nitrogen and oxygen atoms in total. The van der Waals surface area contributed by atoms with Gasteiger partial charge in [-0.05, 0) is 12.5 Å². The first-order chi connectivity index (χ1) is 10.7. The molecule has 0 aromatic heterocycles. The summed E-state index contributed by atoms with van der Waals surface area (Å²) >= 11 is 0. The average Bonchev–Trinajstić information content (AvgIpc) is 2.45. The molecular weight excluding hydrogens is 310 g/mol. The molecule has 0 radical (unpaired) electrons. The normalized spacial score (nSPS) is 17.7. The van der Waals surface area contributed by atoms with E-state index in [-0.39, 0.29) is 27.4 Å². The molecule has 1 aliphatic rings. The Labute approximate surface area is 128 Å². The van der Waals surface area contributed by atoms with Gasteiger partial charge in [0, 0.05) is 17.8 Å². The minimum Gasteiger partial charge on any atom is -0.478 e. The minimum absolute atomic E-state index is 0.00759. The Balaban J connectivity index is 2.69. The fourth-order valence-electron chi connectivity index (χ4n) is 2.34. The standard InChI is InChI=1S/C13H11N3O7/c1-6-9(11(17)18)10(15(13(20)21)12(19)14-6)7-3-2-4-8(5-7)16(22)23/h2-5,10H,1H3,(H,14,19)(H,17,18)(H,20,21). The Bertz CT molecular complexity index is 756. The zero-order valence-corrected chi connectivity index (χ0v) is 11.7. The lowest BCUT2D eigenvalue weighted by Gasteiger charge is -2.33. The molecule has 10 heteroatoms. The van der Waals surface area contributed by atoms with Crippen LogP contribution in [0.4, 0.5) is 15.3 Å². The quantitative estimate of drug-likeness (QED) is 0.566. The number of urea groups is 1. The van der Waals surface area contributed by atoms with E-state index in [0.29, 0.717) is 0 Å². The molecule has 120 valence electrons. The summed E-state index contributed by atoms with van der Waals surface area (Å²) in [7, 11) is 0. The van der Waals surface area contributed by atoms with Crippen LogP contribution in [0.25, 0.3) is 0 Å². The maximum absolute atomic E-state index is 11.9. The molecule has 1 aromatic carbocycles. The number of imide groups is 1. The fourth-order valence-corrected chi connectivity index (χ4v) is 2.34. The number of carbonyl (C=O) groups is 3. The molecule has 1 aromatic rings. The molecule has 2 rings (SSSR count). The van der Waals surface area contributed by atoms with Crippen molar-refractivity contribution >= 4 is 23.8 Å². The molecule has 1 atom stereocenters. The maximum atomic E-state index is 11.9. The average molecular weight is 321 g/mol. The van der Waals surface area contributed by atoms with Crippen LogP contribution in [0.5, 0.6) is 0 Å². The van der Waals surface area contributed by atoms with E-state index in [9.17, 15) is 34.7 Å². The van der Waals surface area contributed by atoms with E-state index in [4.69, 9.17) is 0 Å². The number of carboxylic acid groups (broad SMARTS) is 2. The van der Waals surface area contributed by atoms with Gasteiger partial charge in [-0.3, -0.25) is 10.1 Å². The maximum Gasteiger partial charge on any atom is 0.416 e. The first kappa shape index (κ1) is 15.9. The van der Waals surface area contributed by atoms with Gasteiger partial charge in [-0.1, -0.05) is 12.1 Å². The van der Waals surface area contributed by atoms with Gasteiger partial charge in [0.25, 0.3) is 5.69 Å². The van der Waals surface area contributed by atoms with Crippen LogP contribution in [0.2, 0.25) is 0 Å². The van der Waals surface area contributed by atoms with Crippen molar-refractivity contribution < 1.29 is 29.5 Å². The number of aliphatic carboxylic acids is 1. The number of non-ortho nitro benzene ring substituents is 1. The summed E-state index contributed by atoms with van der Waals surface area (Å²) in [5, 5.41) is 31.6. The van der Waals surface area contributed by atoms with E-state index in [1.54, 1.807) is 0 Å². The van der Waals surface area contributed by atoms with E-state index in [1.807, 2.05) is 0 Å². The van der Waals surface area contributed by atoms with Crippen LogP contribution < -0.4 is 5.32 Å². The summed E-state index contributed by atoms with van der Waals surface area (Å²) in [6, 6.07) is 2.30. The summed E-state index contributed by atoms with van der Waals surface area (Å²) < 4.78 is 0. The van der Waals surface area contributed by atoms with Crippen molar-refractivity contribution in [3.8, 4) is 0 Å². The Hall–Kier alpha value is -3.43. The molecular formula is C13H11N3O7. The van der Waals surface area contributed by atoms with Gasteiger partial charge >= 0.3 is 18.1 Å². The number of nitrogens with zero attached hydrogens (tertiary/aromatic N) is 2. The highest BCUT2D eigenvalue weighted by Gasteiger charge is 2.41. The van der Waals surface area contributed by atoms with Crippen molar-refractivity contribution in [3.05, 3.63) is 51.2 Å². The first-order valence-corrected chi connectivity index (χ1v) is 6.25. The highest BCUT2D eigenvalue weighted by atomic mass is 16.6. The number of carbonyl (C=O) groups excluding carboxylic acids is 1. The lowest BCUT2D eigenvalue weighted by molar-refractivity contribution is -0.384. The topological polar surface area (TPSA) is 150 Å². The zero-order valence-electron chi connectivity index (χ0n) is 11.7. The SMILES string of the molecule is CC1=C(C(=O)O)C(c2cccc([N+](=O)[O-])c2)N(C(=O)O)C(=O)N1. The molecule has 3 amide bonds. The molecule has 1 heterocycles. The second-order valence-electron chi connectivity index (χ2n) is 4.68. The molecule has 23 heavy (non-hydrogen) atoms. The van der Waals surface area contributed by atoms with Crippen LogP contribution in [0, 0.1) is 10.1 Å². The number of nitro benzene ring substituents is 1. The van der Waals surface area contributed by atoms with Crippen molar-refractivity contribution in [1.82, 2.24) is 10.2 Å². The van der Waals surface area contributed by atoms with Gasteiger partial charge < -0.3 is 15.5 Å². The molecule has 3 N–H and O–H groups in total. The smallest absolute Gasteiger partial charge is 0.416 e. The summed E-state index contributed by atoms with van der Waals surface area (Å²) in [4.78, 5) is 45.2. The molecule has 0 fully saturated rings. The molecule has 0 bridgehead atoms. The van der Waals surface area contributed by atoms with Crippen LogP contribution in [-0.2, 0) is 4.79 Å². The van der Waals surface area contributed by atoms with Gasteiger partial charge in [0.15, 0.2) is 0 Å². The lowest BCUT2D eigenvalue weighted by atomic mass is 9.94. The van der Waals surface area contributed by atoms with Gasteiger partial charge in [-0.15, -0.1) is 0 Å². The molecule has 0 saturated carbocycles. The number of carboxylic acids is 1. The van der Waals surface area contributed by atoms with E-state index in [0.717, 1.165) is 6.07 Å². The first-order valence-electron chi connectivity index (χ1n) is 6.25. The predicted molar refractivity (Wildman–Crippen MR) is 74.6 cm³/mol. The summed E-state index contributed by atoms with van der Waals surface area (Å²) in [6.07, 6.45) is -1.68. The van der Waals surface area contributed by atoms with Gasteiger partial charge in [0.2, 0.25) is 0 Å². The Morgan fingerprint density at radius 3 is 2.52 bits per heavy atom. The van der Waals surface area contributed by atoms with Crippen molar-refractivity contribution in [2.24, 2.45) is 0 Å². The molecule has 1 aliphatic heterocycles. The van der Waals surface area contributed by atoms with Crippen LogP contribution >= 0.6 is 0 Å². The van der Waals surface area contributed by atoms with Gasteiger partial charge in [-0.2, -0.15) is 0 Å². The third-order valence-corrected chi connectivity index (χ3v) is 3.28. The Morgan fingerprint density at radius 1 is 1.35 bits per heavy atom. The third kappa shape index (κ3) is 2.81. The number of amides is 3. The number of rotatable bonds is 3. The Morgan fingerprint density at radius 2 is 2.00 bits per heavy atom. The van der Waals surface area contributed by atoms with Crippen molar-refractivity contribution in [3.63, 3.8) is 0 Å². The number of hydrogen-bond acceptors (Lipinski definition) is 5. The predicted octanol–water partition coefficient (Wildman–Crippen LogP) is 1.70. The van der Waals surface area contributed by atoms with E-state index < -0.39 is 29.1 Å². The number of nitro groups is 1. The summed E-state index contributed by atoms with van der Waals surface area (Å²) in [5.74, 6) is -1.44. The zero-order chi connectivity index (χ0) is 17.3. The molecule has 0 saturated heterocycles. The van der Waals surface area contributed by atoms with Crippen LogP contribution in [0.15, 0.2) is 35.5 Å². The van der Waals surface area contributed by atoms with Gasteiger partial charge in [-0.25, -0.2) is 19.3 Å². The van der Waals surface area contributed by atoms with Gasteiger partial charge in [0.1, 0.15) is 6.04 Å². The lowest BCUT2D eigenvalue weighted by Crippen LogP contribution is -2.50. The van der Waals surface area contributed by atoms with Crippen LogP contribution in [0.1, 0.15) is 18.5 Å². The van der Waals surface area contributed by atoms with Crippen molar-refractivity contribution in [2.45, 2.75) is 13.0 Å². The van der Waals surface area contributed by atoms with Crippen LogP contribution in [-0.4, -0.2) is 38.1 Å². The highest BCUT2D eigenvalue weighted by molar-refractivity contribution is 5.99. The monoisotopic (exact) mass is 321 g/mol. The fraction of sp³-hybridized carbons (Fsp3) is 0.154. The van der Waals surface area contributed by atoms with Crippen molar-refractivity contribution in [1.29, 1.82) is 0 Å². The van der Waals surface area contributed by atoms with E-state index >= 15 is 0 Å².